The van der Waals surface area contributed by atoms with Crippen molar-refractivity contribution in [3.8, 4) is 5.88 Å². The molecule has 0 amide bonds. The average molecular weight is 299 g/mol. The summed E-state index contributed by atoms with van der Waals surface area (Å²) in [6.07, 6.45) is 2.05. The van der Waals surface area contributed by atoms with Crippen molar-refractivity contribution in [3.63, 3.8) is 0 Å². The molecule has 2 aromatic rings. The van der Waals surface area contributed by atoms with Gasteiger partial charge in [-0.1, -0.05) is 6.92 Å². The largest absolute Gasteiger partial charge is 0.481 e. The van der Waals surface area contributed by atoms with Gasteiger partial charge in [0.15, 0.2) is 0 Å². The van der Waals surface area contributed by atoms with E-state index in [0.717, 1.165) is 11.3 Å². The SMILES string of the molecule is CCc1ccc(S(=O)(=O)Nc2cc(OC)ncn2)s1. The number of ether oxygens (including phenoxy) is 1. The van der Waals surface area contributed by atoms with Crippen molar-refractivity contribution in [1.82, 2.24) is 9.97 Å². The highest BCUT2D eigenvalue weighted by Gasteiger charge is 2.17. The highest BCUT2D eigenvalue weighted by atomic mass is 32.2. The first-order chi connectivity index (χ1) is 9.05. The van der Waals surface area contributed by atoms with Crippen LogP contribution in [0, 0.1) is 0 Å². The van der Waals surface area contributed by atoms with E-state index in [0.29, 0.717) is 5.88 Å². The molecule has 1 N–H and O–H groups in total. The summed E-state index contributed by atoms with van der Waals surface area (Å²) in [6, 6.07) is 4.82. The van der Waals surface area contributed by atoms with Gasteiger partial charge >= 0.3 is 0 Å². The first kappa shape index (κ1) is 13.8. The van der Waals surface area contributed by atoms with Crippen molar-refractivity contribution >= 4 is 27.2 Å². The normalized spacial score (nSPS) is 11.3. The molecule has 0 aliphatic carbocycles. The summed E-state index contributed by atoms with van der Waals surface area (Å²) < 4.78 is 31.8. The number of hydrogen-bond donors (Lipinski definition) is 1. The Labute approximate surface area is 115 Å². The Bertz CT molecular complexity index is 667. The zero-order valence-electron chi connectivity index (χ0n) is 10.5. The second-order valence-electron chi connectivity index (χ2n) is 3.63. The number of rotatable bonds is 5. The van der Waals surface area contributed by atoms with E-state index in [4.69, 9.17) is 4.74 Å². The van der Waals surface area contributed by atoms with Gasteiger partial charge in [0.1, 0.15) is 16.4 Å². The fraction of sp³-hybridized carbons (Fsp3) is 0.273. The Morgan fingerprint density at radius 3 is 2.79 bits per heavy atom. The third kappa shape index (κ3) is 3.21. The van der Waals surface area contributed by atoms with Crippen LogP contribution in [0.4, 0.5) is 5.82 Å². The molecule has 0 bridgehead atoms. The number of nitrogens with one attached hydrogen (secondary N) is 1. The number of hydrogen-bond acceptors (Lipinski definition) is 6. The minimum atomic E-state index is -3.60. The monoisotopic (exact) mass is 299 g/mol. The van der Waals surface area contributed by atoms with Gasteiger partial charge in [0, 0.05) is 10.9 Å². The second-order valence-corrected chi connectivity index (χ2v) is 6.70. The minimum absolute atomic E-state index is 0.179. The van der Waals surface area contributed by atoms with Crippen LogP contribution in [-0.2, 0) is 16.4 Å². The van der Waals surface area contributed by atoms with Crippen LogP contribution in [-0.4, -0.2) is 25.5 Å². The molecule has 2 heterocycles. The summed E-state index contributed by atoms with van der Waals surface area (Å²) in [5, 5.41) is 0. The van der Waals surface area contributed by atoms with Crippen molar-refractivity contribution in [2.45, 2.75) is 17.6 Å². The second kappa shape index (κ2) is 5.54. The van der Waals surface area contributed by atoms with Crippen LogP contribution in [0.1, 0.15) is 11.8 Å². The predicted octanol–water partition coefficient (Wildman–Crippen LogP) is 1.91. The van der Waals surface area contributed by atoms with Gasteiger partial charge in [0.2, 0.25) is 5.88 Å². The first-order valence-electron chi connectivity index (χ1n) is 5.52. The van der Waals surface area contributed by atoms with E-state index >= 15 is 0 Å². The average Bonchev–Trinajstić information content (AvgIpc) is 2.88. The molecule has 0 unspecified atom stereocenters. The lowest BCUT2D eigenvalue weighted by Crippen LogP contribution is -2.12. The summed E-state index contributed by atoms with van der Waals surface area (Å²) in [5.74, 6) is 0.478. The quantitative estimate of drug-likeness (QED) is 0.912. The number of anilines is 1. The predicted molar refractivity (Wildman–Crippen MR) is 73.1 cm³/mol. The molecule has 0 spiro atoms. The minimum Gasteiger partial charge on any atom is -0.481 e. The van der Waals surface area contributed by atoms with Crippen molar-refractivity contribution < 1.29 is 13.2 Å². The van der Waals surface area contributed by atoms with E-state index in [1.165, 1.54) is 30.8 Å². The lowest BCUT2D eigenvalue weighted by Gasteiger charge is -2.05. The Kier molecular flexibility index (Phi) is 4.01. The van der Waals surface area contributed by atoms with E-state index < -0.39 is 10.0 Å². The molecule has 19 heavy (non-hydrogen) atoms. The van der Waals surface area contributed by atoms with E-state index in [1.54, 1.807) is 12.1 Å². The number of sulfonamides is 1. The molecule has 0 aliphatic rings. The number of thiophene rings is 1. The molecule has 0 saturated heterocycles. The molecule has 0 atom stereocenters. The summed E-state index contributed by atoms with van der Waals surface area (Å²) in [6.45, 7) is 1.98. The van der Waals surface area contributed by atoms with Gasteiger partial charge in [0.05, 0.1) is 7.11 Å². The highest BCUT2D eigenvalue weighted by Crippen LogP contribution is 2.24. The fourth-order valence-corrected chi connectivity index (χ4v) is 3.68. The maximum atomic E-state index is 12.1. The van der Waals surface area contributed by atoms with Crippen molar-refractivity contribution in [2.75, 3.05) is 11.8 Å². The van der Waals surface area contributed by atoms with Gasteiger partial charge in [-0.25, -0.2) is 18.4 Å². The molecule has 0 aromatic carbocycles. The Hall–Kier alpha value is -1.67. The topological polar surface area (TPSA) is 81.2 Å². The van der Waals surface area contributed by atoms with Crippen LogP contribution in [0.3, 0.4) is 0 Å². The summed E-state index contributed by atoms with van der Waals surface area (Å²) in [7, 11) is -2.15. The maximum absolute atomic E-state index is 12.1. The van der Waals surface area contributed by atoms with Crippen LogP contribution in [0.25, 0.3) is 0 Å². The van der Waals surface area contributed by atoms with E-state index in [2.05, 4.69) is 14.7 Å². The molecular formula is C11H13N3O3S2. The van der Waals surface area contributed by atoms with Gasteiger partial charge in [-0.05, 0) is 18.6 Å². The van der Waals surface area contributed by atoms with Gasteiger partial charge in [-0.3, -0.25) is 4.72 Å². The fourth-order valence-electron chi connectivity index (χ4n) is 1.39. The third-order valence-electron chi connectivity index (χ3n) is 2.34. The molecule has 0 fully saturated rings. The highest BCUT2D eigenvalue weighted by molar-refractivity contribution is 7.94. The molecule has 102 valence electrons. The zero-order valence-corrected chi connectivity index (χ0v) is 12.1. The summed E-state index contributed by atoms with van der Waals surface area (Å²) >= 11 is 1.24. The molecule has 2 rings (SSSR count). The van der Waals surface area contributed by atoms with Gasteiger partial charge < -0.3 is 4.74 Å². The standard InChI is InChI=1S/C11H13N3O3S2/c1-3-8-4-5-11(18-8)19(15,16)14-9-6-10(17-2)13-7-12-9/h4-7H,3H2,1-2H3,(H,12,13,14). The summed E-state index contributed by atoms with van der Waals surface area (Å²) in [4.78, 5) is 8.68. The van der Waals surface area contributed by atoms with Crippen LogP contribution < -0.4 is 9.46 Å². The molecule has 6 nitrogen and oxygen atoms in total. The smallest absolute Gasteiger partial charge is 0.272 e. The Morgan fingerprint density at radius 1 is 1.37 bits per heavy atom. The number of aryl methyl sites for hydroxylation is 1. The molecule has 8 heteroatoms. The first-order valence-corrected chi connectivity index (χ1v) is 7.82. The maximum Gasteiger partial charge on any atom is 0.272 e. The lowest BCUT2D eigenvalue weighted by atomic mass is 10.4. The molecule has 0 radical (unpaired) electrons. The van der Waals surface area contributed by atoms with Crippen molar-refractivity contribution in [3.05, 3.63) is 29.4 Å². The number of methoxy groups -OCH3 is 1. The molecule has 0 saturated carbocycles. The Morgan fingerprint density at radius 2 is 2.16 bits per heavy atom. The number of aromatic nitrogens is 2. The zero-order chi connectivity index (χ0) is 13.9. The third-order valence-corrected chi connectivity index (χ3v) is 5.42. The molecule has 2 aromatic heterocycles. The van der Waals surface area contributed by atoms with E-state index in [9.17, 15) is 8.42 Å². The van der Waals surface area contributed by atoms with Crippen LogP contribution in [0.15, 0.2) is 28.7 Å². The lowest BCUT2D eigenvalue weighted by molar-refractivity contribution is 0.397. The molecule has 0 aliphatic heterocycles. The van der Waals surface area contributed by atoms with Crippen LogP contribution >= 0.6 is 11.3 Å². The van der Waals surface area contributed by atoms with E-state index in [-0.39, 0.29) is 10.0 Å². The van der Waals surface area contributed by atoms with E-state index in [1.807, 2.05) is 6.92 Å². The Balaban J connectivity index is 2.25. The van der Waals surface area contributed by atoms with Crippen LogP contribution in [0.5, 0.6) is 5.88 Å². The van der Waals surface area contributed by atoms with Gasteiger partial charge in [0.25, 0.3) is 10.0 Å². The number of nitrogens with zero attached hydrogens (tertiary/aromatic N) is 2. The van der Waals surface area contributed by atoms with Gasteiger partial charge in [-0.2, -0.15) is 0 Å². The van der Waals surface area contributed by atoms with Crippen molar-refractivity contribution in [1.29, 1.82) is 0 Å². The van der Waals surface area contributed by atoms with Gasteiger partial charge in [-0.15, -0.1) is 11.3 Å². The molecular weight excluding hydrogens is 286 g/mol. The van der Waals surface area contributed by atoms with Crippen molar-refractivity contribution in [2.24, 2.45) is 0 Å². The summed E-state index contributed by atoms with van der Waals surface area (Å²) in [5.41, 5.74) is 0. The van der Waals surface area contributed by atoms with Crippen LogP contribution in [0.2, 0.25) is 0 Å².